The van der Waals surface area contributed by atoms with Crippen molar-refractivity contribution in [2.24, 2.45) is 7.05 Å². The molecule has 2 heterocycles. The maximum Gasteiger partial charge on any atom is 0.237 e. The first-order chi connectivity index (χ1) is 12.6. The van der Waals surface area contributed by atoms with Gasteiger partial charge >= 0.3 is 0 Å². The summed E-state index contributed by atoms with van der Waals surface area (Å²) < 4.78 is 15.4. The number of nitrogens with zero attached hydrogens (tertiary/aromatic N) is 4. The summed E-state index contributed by atoms with van der Waals surface area (Å²) >= 11 is 0. The van der Waals surface area contributed by atoms with Crippen LogP contribution in [0.25, 0.3) is 0 Å². The highest BCUT2D eigenvalue weighted by Gasteiger charge is 2.29. The standard InChI is InChI=1S/C19H26FN5O.ClH/c1-3-24(13-15-5-4-6-16(20)11-15)18(26)14-25-10-7-21-12-17(25)19-22-8-9-23(19)2;/h4-6,8-9,11,17,21H,3,7,10,12-14H2,1-2H3;1H. The number of aromatic nitrogens is 2. The van der Waals surface area contributed by atoms with Crippen LogP contribution in [0.1, 0.15) is 24.4 Å². The topological polar surface area (TPSA) is 53.4 Å². The summed E-state index contributed by atoms with van der Waals surface area (Å²) in [7, 11) is 1.97. The van der Waals surface area contributed by atoms with E-state index in [1.54, 1.807) is 17.2 Å². The lowest BCUT2D eigenvalue weighted by atomic mass is 10.1. The Bertz CT molecular complexity index is 753. The van der Waals surface area contributed by atoms with Gasteiger partial charge in [-0.05, 0) is 24.6 Å². The molecule has 0 saturated carbocycles. The van der Waals surface area contributed by atoms with Crippen LogP contribution in [0.5, 0.6) is 0 Å². The van der Waals surface area contributed by atoms with Crippen molar-refractivity contribution in [1.29, 1.82) is 0 Å². The second kappa shape index (κ2) is 9.82. The fourth-order valence-electron chi connectivity index (χ4n) is 3.39. The number of benzene rings is 1. The molecule has 3 rings (SSSR count). The average molecular weight is 396 g/mol. The third-order valence-electron chi connectivity index (χ3n) is 4.85. The molecule has 0 aliphatic carbocycles. The highest BCUT2D eigenvalue weighted by molar-refractivity contribution is 5.85. The molecule has 1 saturated heterocycles. The first kappa shape index (κ1) is 21.3. The normalized spacial score (nSPS) is 17.4. The number of carbonyl (C=O) groups excluding carboxylic acids is 1. The van der Waals surface area contributed by atoms with Gasteiger partial charge in [0.25, 0.3) is 0 Å². The molecule has 27 heavy (non-hydrogen) atoms. The van der Waals surface area contributed by atoms with Gasteiger partial charge in [0.1, 0.15) is 11.6 Å². The number of rotatable bonds is 6. The fourth-order valence-corrected chi connectivity index (χ4v) is 3.39. The van der Waals surface area contributed by atoms with Crippen LogP contribution in [0.4, 0.5) is 4.39 Å². The molecule has 1 amide bonds. The predicted octanol–water partition coefficient (Wildman–Crippen LogP) is 1.98. The molecule has 1 fully saturated rings. The molecule has 1 aromatic carbocycles. The van der Waals surface area contributed by atoms with Crippen LogP contribution in [0, 0.1) is 5.82 Å². The zero-order valence-electron chi connectivity index (χ0n) is 15.8. The van der Waals surface area contributed by atoms with Gasteiger partial charge < -0.3 is 14.8 Å². The minimum absolute atomic E-state index is 0. The van der Waals surface area contributed by atoms with Crippen molar-refractivity contribution >= 4 is 18.3 Å². The zero-order valence-corrected chi connectivity index (χ0v) is 16.6. The van der Waals surface area contributed by atoms with Crippen molar-refractivity contribution < 1.29 is 9.18 Å². The van der Waals surface area contributed by atoms with Gasteiger partial charge in [-0.3, -0.25) is 9.69 Å². The number of imidazole rings is 1. The van der Waals surface area contributed by atoms with Crippen LogP contribution in [0.15, 0.2) is 36.7 Å². The SMILES string of the molecule is CCN(Cc1cccc(F)c1)C(=O)CN1CCNCC1c1nccn1C.Cl. The molecule has 1 N–H and O–H groups in total. The van der Waals surface area contributed by atoms with E-state index >= 15 is 0 Å². The van der Waals surface area contributed by atoms with Crippen molar-refractivity contribution in [3.63, 3.8) is 0 Å². The molecule has 0 spiro atoms. The predicted molar refractivity (Wildman–Crippen MR) is 105 cm³/mol. The van der Waals surface area contributed by atoms with Crippen molar-refractivity contribution in [2.75, 3.05) is 32.7 Å². The Balaban J connectivity index is 0.00000261. The average Bonchev–Trinajstić information content (AvgIpc) is 3.06. The molecule has 0 radical (unpaired) electrons. The molecular weight excluding hydrogens is 369 g/mol. The number of carbonyl (C=O) groups is 1. The minimum Gasteiger partial charge on any atom is -0.338 e. The van der Waals surface area contributed by atoms with Crippen LogP contribution >= 0.6 is 12.4 Å². The first-order valence-corrected chi connectivity index (χ1v) is 9.02. The number of amides is 1. The Labute approximate surface area is 165 Å². The number of piperazine rings is 1. The van der Waals surface area contributed by atoms with Gasteiger partial charge in [0.2, 0.25) is 5.91 Å². The molecule has 1 unspecified atom stereocenters. The van der Waals surface area contributed by atoms with E-state index in [2.05, 4.69) is 15.2 Å². The van der Waals surface area contributed by atoms with Gasteiger partial charge in [0.05, 0.1) is 12.6 Å². The van der Waals surface area contributed by atoms with Gasteiger partial charge in [0, 0.05) is 52.2 Å². The third-order valence-corrected chi connectivity index (χ3v) is 4.85. The molecule has 1 atom stereocenters. The van der Waals surface area contributed by atoms with Crippen molar-refractivity contribution in [2.45, 2.75) is 19.5 Å². The lowest BCUT2D eigenvalue weighted by Crippen LogP contribution is -2.50. The lowest BCUT2D eigenvalue weighted by molar-refractivity contribution is -0.133. The summed E-state index contributed by atoms with van der Waals surface area (Å²) in [5, 5.41) is 3.38. The zero-order chi connectivity index (χ0) is 18.5. The Morgan fingerprint density at radius 1 is 1.44 bits per heavy atom. The number of likely N-dealkylation sites (N-methyl/N-ethyl adjacent to an activating group) is 1. The summed E-state index contributed by atoms with van der Waals surface area (Å²) in [6, 6.07) is 6.49. The molecule has 2 aromatic rings. The summed E-state index contributed by atoms with van der Waals surface area (Å²) in [4.78, 5) is 21.3. The number of hydrogen-bond acceptors (Lipinski definition) is 4. The van der Waals surface area contributed by atoms with Crippen molar-refractivity contribution in [1.82, 2.24) is 24.7 Å². The number of hydrogen-bond donors (Lipinski definition) is 1. The molecule has 1 aliphatic heterocycles. The van der Waals surface area contributed by atoms with Gasteiger partial charge in [-0.2, -0.15) is 0 Å². The van der Waals surface area contributed by atoms with Crippen LogP contribution < -0.4 is 5.32 Å². The van der Waals surface area contributed by atoms with Gasteiger partial charge in [-0.25, -0.2) is 9.37 Å². The molecule has 6 nitrogen and oxygen atoms in total. The second-order valence-electron chi connectivity index (χ2n) is 6.62. The van der Waals surface area contributed by atoms with E-state index < -0.39 is 0 Å². The van der Waals surface area contributed by atoms with Crippen LogP contribution in [-0.2, 0) is 18.4 Å². The number of aryl methyl sites for hydroxylation is 1. The van der Waals surface area contributed by atoms with E-state index in [0.717, 1.165) is 31.0 Å². The highest BCUT2D eigenvalue weighted by atomic mass is 35.5. The molecule has 1 aliphatic rings. The highest BCUT2D eigenvalue weighted by Crippen LogP contribution is 2.20. The monoisotopic (exact) mass is 395 g/mol. The summed E-state index contributed by atoms with van der Waals surface area (Å²) in [5.41, 5.74) is 0.807. The van der Waals surface area contributed by atoms with E-state index in [4.69, 9.17) is 0 Å². The Morgan fingerprint density at radius 2 is 2.26 bits per heavy atom. The number of halogens is 2. The maximum absolute atomic E-state index is 13.4. The van der Waals surface area contributed by atoms with E-state index in [9.17, 15) is 9.18 Å². The van der Waals surface area contributed by atoms with Gasteiger partial charge in [0.15, 0.2) is 0 Å². The Kier molecular flexibility index (Phi) is 7.77. The summed E-state index contributed by atoms with van der Waals surface area (Å²) in [6.45, 7) is 5.72. The summed E-state index contributed by atoms with van der Waals surface area (Å²) in [6.07, 6.45) is 3.71. The third kappa shape index (κ3) is 5.28. The van der Waals surface area contributed by atoms with Crippen LogP contribution in [0.2, 0.25) is 0 Å². The maximum atomic E-state index is 13.4. The van der Waals surface area contributed by atoms with Gasteiger partial charge in [-0.15, -0.1) is 12.4 Å². The van der Waals surface area contributed by atoms with E-state index in [0.29, 0.717) is 19.6 Å². The van der Waals surface area contributed by atoms with Crippen LogP contribution in [0.3, 0.4) is 0 Å². The lowest BCUT2D eigenvalue weighted by Gasteiger charge is -2.36. The minimum atomic E-state index is -0.275. The first-order valence-electron chi connectivity index (χ1n) is 9.02. The quantitative estimate of drug-likeness (QED) is 0.812. The fraction of sp³-hybridized carbons (Fsp3) is 0.474. The van der Waals surface area contributed by atoms with Crippen molar-refractivity contribution in [3.8, 4) is 0 Å². The largest absolute Gasteiger partial charge is 0.338 e. The van der Waals surface area contributed by atoms with Gasteiger partial charge in [-0.1, -0.05) is 12.1 Å². The molecule has 1 aromatic heterocycles. The summed E-state index contributed by atoms with van der Waals surface area (Å²) in [5.74, 6) is 0.735. The molecular formula is C19H27ClFN5O. The van der Waals surface area contributed by atoms with E-state index in [-0.39, 0.29) is 30.2 Å². The van der Waals surface area contributed by atoms with E-state index in [1.165, 1.54) is 12.1 Å². The second-order valence-corrected chi connectivity index (χ2v) is 6.62. The van der Waals surface area contributed by atoms with E-state index in [1.807, 2.05) is 30.8 Å². The van der Waals surface area contributed by atoms with Crippen LogP contribution in [-0.4, -0.2) is 58.0 Å². The van der Waals surface area contributed by atoms with Crippen molar-refractivity contribution in [3.05, 3.63) is 53.9 Å². The Morgan fingerprint density at radius 3 is 2.93 bits per heavy atom. The number of nitrogens with one attached hydrogen (secondary N) is 1. The smallest absolute Gasteiger partial charge is 0.237 e. The Hall–Kier alpha value is -1.96. The molecule has 148 valence electrons. The molecule has 8 heteroatoms. The molecule has 0 bridgehead atoms.